The van der Waals surface area contributed by atoms with Gasteiger partial charge in [0.05, 0.1) is 34.6 Å². The summed E-state index contributed by atoms with van der Waals surface area (Å²) in [6.45, 7) is 14.4. The van der Waals surface area contributed by atoms with E-state index >= 15 is 8.78 Å². The number of rotatable bonds is 8. The minimum absolute atomic E-state index is 0.0700. The quantitative estimate of drug-likeness (QED) is 0.195. The molecule has 47 heavy (non-hydrogen) atoms. The number of halogens is 2. The zero-order valence-corrected chi connectivity index (χ0v) is 27.5. The van der Waals surface area contributed by atoms with Gasteiger partial charge in [-0.15, -0.1) is 6.42 Å². The van der Waals surface area contributed by atoms with Crippen molar-refractivity contribution in [2.75, 3.05) is 43.0 Å². The molecule has 1 atom stereocenters. The number of anilines is 2. The van der Waals surface area contributed by atoms with Crippen LogP contribution in [0.25, 0.3) is 28.0 Å². The molecule has 0 aliphatic carbocycles. The predicted molar refractivity (Wildman–Crippen MR) is 180 cm³/mol. The summed E-state index contributed by atoms with van der Waals surface area (Å²) in [5, 5.41) is 0.240. The van der Waals surface area contributed by atoms with E-state index in [0.717, 1.165) is 0 Å². The number of terminal acetylenes is 1. The second-order valence-corrected chi connectivity index (χ2v) is 12.3. The van der Waals surface area contributed by atoms with Crippen LogP contribution in [-0.4, -0.2) is 74.6 Å². The van der Waals surface area contributed by atoms with E-state index in [4.69, 9.17) is 11.4 Å². The number of carbonyl (C=O) groups excluding carboxylic acids is 1. The molecule has 1 amide bonds. The van der Waals surface area contributed by atoms with E-state index in [0.29, 0.717) is 42.4 Å². The largest absolute Gasteiger partial charge is 0.363 e. The Hall–Kier alpha value is -5.18. The highest BCUT2D eigenvalue weighted by Crippen LogP contribution is 2.38. The third kappa shape index (κ3) is 6.05. The fourth-order valence-corrected chi connectivity index (χ4v) is 6.07. The second kappa shape index (κ2) is 13.3. The standard InChI is InChI=1S/C35H38F2N8O2/c1-9-14-42(8)26-13-11-12-24(36)28(26)31-25(37)17-23-33(44-16-15-43(18-22(44)7)27(46)10-2)41-35(47)45(34(23)40-31)32-29(20(3)4)38-19-39-30(32)21(5)6/h1,10-13,17,19-22H,2,14-16,18H2,3-8H3/t22-/m0/s1. The Bertz CT molecular complexity index is 1940. The third-order valence-electron chi connectivity index (χ3n) is 8.35. The number of aromatic nitrogens is 5. The summed E-state index contributed by atoms with van der Waals surface area (Å²) in [5.74, 6) is 0.771. The van der Waals surface area contributed by atoms with Gasteiger partial charge in [-0.05, 0) is 43.0 Å². The van der Waals surface area contributed by atoms with E-state index in [9.17, 15) is 9.59 Å². The lowest BCUT2D eigenvalue weighted by Gasteiger charge is -2.40. The van der Waals surface area contributed by atoms with Gasteiger partial charge >= 0.3 is 5.69 Å². The average Bonchev–Trinajstić information content (AvgIpc) is 3.03. The van der Waals surface area contributed by atoms with Gasteiger partial charge in [0.1, 0.15) is 23.7 Å². The number of benzene rings is 1. The van der Waals surface area contributed by atoms with Gasteiger partial charge in [0.25, 0.3) is 0 Å². The zero-order valence-electron chi connectivity index (χ0n) is 27.5. The highest BCUT2D eigenvalue weighted by molar-refractivity contribution is 5.92. The van der Waals surface area contributed by atoms with Crippen LogP contribution >= 0.6 is 0 Å². The van der Waals surface area contributed by atoms with Crippen molar-refractivity contribution in [2.45, 2.75) is 52.5 Å². The average molecular weight is 641 g/mol. The molecular weight excluding hydrogens is 602 g/mol. The van der Waals surface area contributed by atoms with E-state index in [-0.39, 0.29) is 58.4 Å². The molecule has 4 heterocycles. The molecule has 0 bridgehead atoms. The molecule has 3 aromatic heterocycles. The number of amides is 1. The summed E-state index contributed by atoms with van der Waals surface area (Å²) in [7, 11) is 1.68. The molecule has 1 aliphatic heterocycles. The summed E-state index contributed by atoms with van der Waals surface area (Å²) >= 11 is 0. The molecule has 5 rings (SSSR count). The normalized spacial score (nSPS) is 15.0. The molecule has 0 N–H and O–H groups in total. The van der Waals surface area contributed by atoms with Crippen molar-refractivity contribution < 1.29 is 13.6 Å². The molecule has 1 fully saturated rings. The molecule has 4 aromatic rings. The van der Waals surface area contributed by atoms with Crippen molar-refractivity contribution >= 4 is 28.4 Å². The first-order valence-electron chi connectivity index (χ1n) is 15.5. The van der Waals surface area contributed by atoms with Gasteiger partial charge in [-0.3, -0.25) is 4.79 Å². The van der Waals surface area contributed by atoms with Gasteiger partial charge in [-0.25, -0.2) is 33.1 Å². The topological polar surface area (TPSA) is 100 Å². The van der Waals surface area contributed by atoms with Crippen molar-refractivity contribution in [3.8, 4) is 29.3 Å². The lowest BCUT2D eigenvalue weighted by molar-refractivity contribution is -0.126. The number of hydrogen-bond donors (Lipinski definition) is 0. The number of carbonyl (C=O) groups is 1. The van der Waals surface area contributed by atoms with E-state index < -0.39 is 17.3 Å². The van der Waals surface area contributed by atoms with E-state index in [1.165, 1.54) is 35.2 Å². The molecule has 10 nitrogen and oxygen atoms in total. The molecule has 0 saturated carbocycles. The van der Waals surface area contributed by atoms with E-state index in [1.54, 1.807) is 22.9 Å². The van der Waals surface area contributed by atoms with Crippen LogP contribution < -0.4 is 15.5 Å². The molecule has 244 valence electrons. The predicted octanol–water partition coefficient (Wildman–Crippen LogP) is 5.06. The van der Waals surface area contributed by atoms with Crippen LogP contribution in [0.15, 0.2) is 48.0 Å². The van der Waals surface area contributed by atoms with Crippen LogP contribution in [0.2, 0.25) is 0 Å². The summed E-state index contributed by atoms with van der Waals surface area (Å²) in [6, 6.07) is 5.34. The van der Waals surface area contributed by atoms with Crippen LogP contribution in [-0.2, 0) is 4.79 Å². The van der Waals surface area contributed by atoms with Crippen molar-refractivity contribution in [1.82, 2.24) is 29.4 Å². The van der Waals surface area contributed by atoms with Gasteiger partial charge in [0, 0.05) is 38.4 Å². The molecular formula is C35H38F2N8O2. The number of hydrogen-bond acceptors (Lipinski definition) is 8. The first-order chi connectivity index (χ1) is 22.4. The minimum Gasteiger partial charge on any atom is -0.363 e. The third-order valence-corrected chi connectivity index (χ3v) is 8.35. The van der Waals surface area contributed by atoms with Gasteiger partial charge in [-0.1, -0.05) is 46.3 Å². The number of fused-ring (bicyclic) bond motifs is 1. The van der Waals surface area contributed by atoms with E-state index in [2.05, 4.69) is 27.5 Å². The van der Waals surface area contributed by atoms with Crippen LogP contribution in [0.3, 0.4) is 0 Å². The van der Waals surface area contributed by atoms with Crippen LogP contribution in [0.5, 0.6) is 0 Å². The van der Waals surface area contributed by atoms with Crippen LogP contribution in [0.4, 0.5) is 20.3 Å². The Morgan fingerprint density at radius 1 is 1.13 bits per heavy atom. The monoisotopic (exact) mass is 640 g/mol. The molecule has 1 saturated heterocycles. The molecule has 1 aromatic carbocycles. The zero-order chi connectivity index (χ0) is 34.2. The Balaban J connectivity index is 1.88. The van der Waals surface area contributed by atoms with E-state index in [1.807, 2.05) is 39.5 Å². The van der Waals surface area contributed by atoms with Gasteiger partial charge in [-0.2, -0.15) is 4.98 Å². The first-order valence-corrected chi connectivity index (χ1v) is 15.5. The lowest BCUT2D eigenvalue weighted by atomic mass is 10.0. The van der Waals surface area contributed by atoms with Crippen LogP contribution in [0, 0.1) is 24.0 Å². The van der Waals surface area contributed by atoms with Gasteiger partial charge in [0.2, 0.25) is 5.91 Å². The summed E-state index contributed by atoms with van der Waals surface area (Å²) in [6.07, 6.45) is 8.26. The fraction of sp³-hybridized carbons (Fsp3) is 0.371. The maximum absolute atomic E-state index is 16.4. The Morgan fingerprint density at radius 3 is 2.40 bits per heavy atom. The summed E-state index contributed by atoms with van der Waals surface area (Å²) in [4.78, 5) is 50.1. The lowest BCUT2D eigenvalue weighted by Crippen LogP contribution is -2.54. The second-order valence-electron chi connectivity index (χ2n) is 12.3. The molecule has 0 unspecified atom stereocenters. The van der Waals surface area contributed by atoms with Crippen molar-refractivity contribution in [1.29, 1.82) is 0 Å². The summed E-state index contributed by atoms with van der Waals surface area (Å²) < 4.78 is 33.4. The smallest absolute Gasteiger partial charge is 0.355 e. The Kier molecular flexibility index (Phi) is 9.38. The molecule has 0 spiro atoms. The summed E-state index contributed by atoms with van der Waals surface area (Å²) in [5.41, 5.74) is 0.921. The van der Waals surface area contributed by atoms with Crippen molar-refractivity contribution in [3.05, 3.63) is 76.8 Å². The maximum atomic E-state index is 16.4. The number of pyridine rings is 1. The highest BCUT2D eigenvalue weighted by Gasteiger charge is 2.32. The number of nitrogens with zero attached hydrogens (tertiary/aromatic N) is 8. The van der Waals surface area contributed by atoms with Crippen LogP contribution in [0.1, 0.15) is 57.8 Å². The molecule has 12 heteroatoms. The number of piperazine rings is 1. The molecule has 1 aliphatic rings. The Morgan fingerprint density at radius 2 is 1.81 bits per heavy atom. The van der Waals surface area contributed by atoms with Crippen molar-refractivity contribution in [3.63, 3.8) is 0 Å². The maximum Gasteiger partial charge on any atom is 0.355 e. The highest BCUT2D eigenvalue weighted by atomic mass is 19.1. The van der Waals surface area contributed by atoms with Gasteiger partial charge < -0.3 is 14.7 Å². The first kappa shape index (κ1) is 33.2. The minimum atomic E-state index is -0.809. The Labute approximate surface area is 272 Å². The van der Waals surface area contributed by atoms with Crippen molar-refractivity contribution in [2.24, 2.45) is 0 Å². The SMILES string of the molecule is C#CCN(C)c1cccc(F)c1-c1nc2c(cc1F)c(N1CCN(C(=O)C=C)C[C@@H]1C)nc(=O)n2-c1c(C(C)C)ncnc1C(C)C. The fourth-order valence-electron chi connectivity index (χ4n) is 6.07. The van der Waals surface area contributed by atoms with Gasteiger partial charge in [0.15, 0.2) is 11.5 Å². The molecule has 0 radical (unpaired) electrons.